The van der Waals surface area contributed by atoms with Crippen LogP contribution in [0, 0.1) is 0 Å². The number of ether oxygens (including phenoxy) is 1. The average Bonchev–Trinajstić information content (AvgIpc) is 3.14. The normalized spacial score (nSPS) is 21.7. The van der Waals surface area contributed by atoms with E-state index in [1.54, 1.807) is 12.1 Å². The van der Waals surface area contributed by atoms with E-state index in [1.165, 1.54) is 6.26 Å². The Morgan fingerprint density at radius 2 is 1.87 bits per heavy atom. The number of carbonyl (C=O) groups excluding carboxylic acids is 1. The molecule has 1 N–H and O–H groups in total. The highest BCUT2D eigenvalue weighted by atomic mass is 32.2. The largest absolute Gasteiger partial charge is 0.488 e. The zero-order valence-electron chi connectivity index (χ0n) is 17.4. The number of fused-ring (bicyclic) bond motifs is 1. The first-order chi connectivity index (χ1) is 14.3. The number of hydrogen-bond donors (Lipinski definition) is 1. The molecule has 2 heterocycles. The monoisotopic (exact) mass is 428 g/mol. The molecule has 0 bridgehead atoms. The number of nitrogens with one attached hydrogen (secondary N) is 1. The van der Waals surface area contributed by atoms with Crippen LogP contribution in [0.3, 0.4) is 0 Å². The smallest absolute Gasteiger partial charge is 0.237 e. The fraction of sp³-hybridized carbons (Fsp3) is 0.435. The SMILES string of the molecule is CN1CCCC[C@H]1C(=O)NC[C@@H]1Cc2cc(-c3ccc(S(C)(=O)=O)cc3)ccc2O1. The lowest BCUT2D eigenvalue weighted by atomic mass is 10.0. The predicted molar refractivity (Wildman–Crippen MR) is 116 cm³/mol. The second-order valence-electron chi connectivity index (χ2n) is 8.30. The molecule has 7 heteroatoms. The molecule has 2 aromatic carbocycles. The summed E-state index contributed by atoms with van der Waals surface area (Å²) in [4.78, 5) is 15.0. The van der Waals surface area contributed by atoms with Crippen LogP contribution in [-0.4, -0.2) is 57.8 Å². The molecule has 0 radical (unpaired) electrons. The highest BCUT2D eigenvalue weighted by Gasteiger charge is 2.28. The Morgan fingerprint density at radius 3 is 2.57 bits per heavy atom. The first-order valence-corrected chi connectivity index (χ1v) is 12.3. The molecule has 1 amide bonds. The molecule has 1 saturated heterocycles. The van der Waals surface area contributed by atoms with Gasteiger partial charge in [0.2, 0.25) is 5.91 Å². The predicted octanol–water partition coefficient (Wildman–Crippen LogP) is 2.66. The van der Waals surface area contributed by atoms with E-state index in [4.69, 9.17) is 4.74 Å². The number of nitrogens with zero attached hydrogens (tertiary/aromatic N) is 1. The van der Waals surface area contributed by atoms with E-state index in [0.717, 1.165) is 54.7 Å². The van der Waals surface area contributed by atoms with Gasteiger partial charge < -0.3 is 10.1 Å². The highest BCUT2D eigenvalue weighted by Crippen LogP contribution is 2.33. The molecule has 4 rings (SSSR count). The molecular formula is C23H28N2O4S. The van der Waals surface area contributed by atoms with Crippen molar-refractivity contribution in [2.75, 3.05) is 26.4 Å². The summed E-state index contributed by atoms with van der Waals surface area (Å²) in [6, 6.07) is 12.9. The summed E-state index contributed by atoms with van der Waals surface area (Å²) >= 11 is 0. The molecule has 160 valence electrons. The second-order valence-corrected chi connectivity index (χ2v) is 10.3. The Kier molecular flexibility index (Phi) is 5.84. The summed E-state index contributed by atoms with van der Waals surface area (Å²) in [7, 11) is -1.19. The van der Waals surface area contributed by atoms with Crippen LogP contribution < -0.4 is 10.1 Å². The van der Waals surface area contributed by atoms with Gasteiger partial charge in [0.25, 0.3) is 0 Å². The second kappa shape index (κ2) is 8.40. The summed E-state index contributed by atoms with van der Waals surface area (Å²) < 4.78 is 29.3. The molecule has 0 saturated carbocycles. The summed E-state index contributed by atoms with van der Waals surface area (Å²) in [5.41, 5.74) is 3.09. The van der Waals surface area contributed by atoms with Gasteiger partial charge in [0.05, 0.1) is 17.5 Å². The number of rotatable bonds is 5. The lowest BCUT2D eigenvalue weighted by molar-refractivity contribution is -0.127. The van der Waals surface area contributed by atoms with E-state index in [9.17, 15) is 13.2 Å². The molecule has 6 nitrogen and oxygen atoms in total. The Bertz CT molecular complexity index is 1030. The fourth-order valence-corrected chi connectivity index (χ4v) is 4.88. The lowest BCUT2D eigenvalue weighted by Crippen LogP contribution is -2.49. The third kappa shape index (κ3) is 4.52. The van der Waals surface area contributed by atoms with Gasteiger partial charge in [-0.25, -0.2) is 8.42 Å². The highest BCUT2D eigenvalue weighted by molar-refractivity contribution is 7.90. The van der Waals surface area contributed by atoms with Crippen molar-refractivity contribution in [1.82, 2.24) is 10.2 Å². The number of piperidine rings is 1. The van der Waals surface area contributed by atoms with E-state index in [2.05, 4.69) is 16.3 Å². The van der Waals surface area contributed by atoms with Crippen molar-refractivity contribution >= 4 is 15.7 Å². The number of likely N-dealkylation sites (tertiary alicyclic amines) is 1. The molecule has 0 aromatic heterocycles. The van der Waals surface area contributed by atoms with Gasteiger partial charge >= 0.3 is 0 Å². The number of hydrogen-bond acceptors (Lipinski definition) is 5. The minimum atomic E-state index is -3.20. The van der Waals surface area contributed by atoms with Gasteiger partial charge in [0.1, 0.15) is 11.9 Å². The lowest BCUT2D eigenvalue weighted by Gasteiger charge is -2.31. The summed E-state index contributed by atoms with van der Waals surface area (Å²) in [6.07, 6.45) is 5.05. The quantitative estimate of drug-likeness (QED) is 0.792. The minimum Gasteiger partial charge on any atom is -0.488 e. The van der Waals surface area contributed by atoms with E-state index < -0.39 is 9.84 Å². The van der Waals surface area contributed by atoms with Crippen LogP contribution in [0.25, 0.3) is 11.1 Å². The van der Waals surface area contributed by atoms with Crippen LogP contribution in [-0.2, 0) is 21.1 Å². The van der Waals surface area contributed by atoms with Crippen LogP contribution in [0.2, 0.25) is 0 Å². The van der Waals surface area contributed by atoms with Gasteiger partial charge in [-0.15, -0.1) is 0 Å². The summed E-state index contributed by atoms with van der Waals surface area (Å²) in [5, 5.41) is 3.06. The van der Waals surface area contributed by atoms with E-state index in [-0.39, 0.29) is 18.1 Å². The Morgan fingerprint density at radius 1 is 1.13 bits per heavy atom. The van der Waals surface area contributed by atoms with Crippen molar-refractivity contribution in [3.8, 4) is 16.9 Å². The topological polar surface area (TPSA) is 75.7 Å². The first-order valence-electron chi connectivity index (χ1n) is 10.4. The standard InChI is InChI=1S/C23H28N2O4S/c1-25-12-4-3-5-21(25)23(26)24-15-19-14-18-13-17(8-11-22(18)29-19)16-6-9-20(10-7-16)30(2,27)28/h6-11,13,19,21H,3-5,12,14-15H2,1-2H3,(H,24,26)/t19-,21-/m0/s1. The molecule has 2 atom stereocenters. The zero-order chi connectivity index (χ0) is 21.3. The molecular weight excluding hydrogens is 400 g/mol. The zero-order valence-corrected chi connectivity index (χ0v) is 18.2. The van der Waals surface area contributed by atoms with Gasteiger partial charge in [0, 0.05) is 12.7 Å². The van der Waals surface area contributed by atoms with Gasteiger partial charge in [-0.2, -0.15) is 0 Å². The van der Waals surface area contributed by atoms with Crippen molar-refractivity contribution in [2.24, 2.45) is 0 Å². The van der Waals surface area contributed by atoms with Crippen LogP contribution in [0.5, 0.6) is 5.75 Å². The van der Waals surface area contributed by atoms with Gasteiger partial charge in [-0.05, 0) is 67.4 Å². The van der Waals surface area contributed by atoms with Crippen molar-refractivity contribution in [3.63, 3.8) is 0 Å². The van der Waals surface area contributed by atoms with Crippen LogP contribution >= 0.6 is 0 Å². The Balaban J connectivity index is 1.38. The van der Waals surface area contributed by atoms with Crippen molar-refractivity contribution in [3.05, 3.63) is 48.0 Å². The molecule has 0 unspecified atom stereocenters. The van der Waals surface area contributed by atoms with Crippen molar-refractivity contribution in [1.29, 1.82) is 0 Å². The third-order valence-corrected chi connectivity index (χ3v) is 7.12. The van der Waals surface area contributed by atoms with Crippen LogP contribution in [0.1, 0.15) is 24.8 Å². The third-order valence-electron chi connectivity index (χ3n) is 5.99. The molecule has 30 heavy (non-hydrogen) atoms. The Labute approximate surface area is 178 Å². The molecule has 0 aliphatic carbocycles. The first kappa shape index (κ1) is 20.9. The molecule has 1 fully saturated rings. The number of carbonyl (C=O) groups is 1. The number of sulfone groups is 1. The summed E-state index contributed by atoms with van der Waals surface area (Å²) in [5.74, 6) is 0.934. The van der Waals surface area contributed by atoms with E-state index in [0.29, 0.717) is 11.4 Å². The maximum absolute atomic E-state index is 12.5. The van der Waals surface area contributed by atoms with Gasteiger partial charge in [-0.3, -0.25) is 9.69 Å². The van der Waals surface area contributed by atoms with E-state index >= 15 is 0 Å². The van der Waals surface area contributed by atoms with Gasteiger partial charge in [-0.1, -0.05) is 24.6 Å². The molecule has 2 aliphatic rings. The van der Waals surface area contributed by atoms with Gasteiger partial charge in [0.15, 0.2) is 9.84 Å². The summed E-state index contributed by atoms with van der Waals surface area (Å²) in [6.45, 7) is 1.47. The fourth-order valence-electron chi connectivity index (χ4n) is 4.25. The number of likely N-dealkylation sites (N-methyl/N-ethyl adjacent to an activating group) is 1. The van der Waals surface area contributed by atoms with Crippen molar-refractivity contribution in [2.45, 2.75) is 42.7 Å². The maximum Gasteiger partial charge on any atom is 0.237 e. The number of benzene rings is 2. The molecule has 2 aliphatic heterocycles. The average molecular weight is 429 g/mol. The molecule has 2 aromatic rings. The minimum absolute atomic E-state index is 0.0379. The molecule has 0 spiro atoms. The van der Waals surface area contributed by atoms with E-state index in [1.807, 2.05) is 31.3 Å². The van der Waals surface area contributed by atoms with Crippen LogP contribution in [0.15, 0.2) is 47.4 Å². The van der Waals surface area contributed by atoms with Crippen molar-refractivity contribution < 1.29 is 17.9 Å². The number of amides is 1. The Hall–Kier alpha value is -2.38. The van der Waals surface area contributed by atoms with Crippen LogP contribution in [0.4, 0.5) is 0 Å². The maximum atomic E-state index is 12.5.